The fourth-order valence-electron chi connectivity index (χ4n) is 2.18. The van der Waals surface area contributed by atoms with Gasteiger partial charge in [0, 0.05) is 17.6 Å². The minimum atomic E-state index is -0.335. The van der Waals surface area contributed by atoms with Gasteiger partial charge < -0.3 is 10.6 Å². The van der Waals surface area contributed by atoms with E-state index >= 15 is 0 Å². The van der Waals surface area contributed by atoms with E-state index in [1.165, 1.54) is 12.1 Å². The first-order valence-corrected chi connectivity index (χ1v) is 7.58. The smallest absolute Gasteiger partial charge is 0.319 e. The third-order valence-corrected chi connectivity index (χ3v) is 4.26. The lowest BCUT2D eigenvalue weighted by atomic mass is 10.2. The van der Waals surface area contributed by atoms with E-state index in [0.717, 1.165) is 20.8 Å². The monoisotopic (exact) mass is 315 g/mol. The summed E-state index contributed by atoms with van der Waals surface area (Å²) in [6.45, 7) is 2.20. The van der Waals surface area contributed by atoms with Gasteiger partial charge in [0.05, 0.1) is 10.4 Å². The molecule has 0 atom stereocenters. The van der Waals surface area contributed by atoms with Crippen LogP contribution in [0.1, 0.15) is 10.4 Å². The van der Waals surface area contributed by atoms with Crippen molar-refractivity contribution in [1.82, 2.24) is 10.3 Å². The third-order valence-electron chi connectivity index (χ3n) is 3.20. The van der Waals surface area contributed by atoms with Crippen LogP contribution in [0.15, 0.2) is 42.6 Å². The predicted molar refractivity (Wildman–Crippen MR) is 86.6 cm³/mol. The average molecular weight is 315 g/mol. The molecule has 0 aliphatic rings. The van der Waals surface area contributed by atoms with Crippen LogP contribution in [0, 0.1) is 12.7 Å². The van der Waals surface area contributed by atoms with Gasteiger partial charge in [0.15, 0.2) is 0 Å². The summed E-state index contributed by atoms with van der Waals surface area (Å²) in [5.74, 6) is -0.316. The molecule has 0 saturated heterocycles. The maximum absolute atomic E-state index is 13.1. The van der Waals surface area contributed by atoms with E-state index in [1.54, 1.807) is 29.7 Å². The van der Waals surface area contributed by atoms with Gasteiger partial charge in [-0.05, 0) is 36.8 Å². The second kappa shape index (κ2) is 6.11. The number of rotatable bonds is 3. The summed E-state index contributed by atoms with van der Waals surface area (Å²) >= 11 is 1.58. The molecular weight excluding hydrogens is 301 g/mol. The number of urea groups is 1. The van der Waals surface area contributed by atoms with Crippen LogP contribution in [-0.4, -0.2) is 11.0 Å². The summed E-state index contributed by atoms with van der Waals surface area (Å²) in [4.78, 5) is 17.3. The number of fused-ring (bicyclic) bond motifs is 1. The van der Waals surface area contributed by atoms with Crippen molar-refractivity contribution in [3.8, 4) is 0 Å². The molecule has 2 N–H and O–H groups in total. The first-order valence-electron chi connectivity index (χ1n) is 6.77. The molecule has 0 saturated carbocycles. The van der Waals surface area contributed by atoms with Gasteiger partial charge >= 0.3 is 6.03 Å². The van der Waals surface area contributed by atoms with Gasteiger partial charge in [0.25, 0.3) is 0 Å². The van der Waals surface area contributed by atoms with E-state index < -0.39 is 0 Å². The van der Waals surface area contributed by atoms with E-state index in [4.69, 9.17) is 0 Å². The molecule has 0 aliphatic carbocycles. The van der Waals surface area contributed by atoms with Crippen molar-refractivity contribution in [3.05, 3.63) is 58.9 Å². The van der Waals surface area contributed by atoms with Crippen molar-refractivity contribution in [2.75, 3.05) is 5.32 Å². The van der Waals surface area contributed by atoms with Gasteiger partial charge in [-0.3, -0.25) is 4.98 Å². The number of carbonyl (C=O) groups is 1. The van der Waals surface area contributed by atoms with Crippen LogP contribution in [0.4, 0.5) is 14.9 Å². The molecule has 2 heterocycles. The van der Waals surface area contributed by atoms with E-state index in [2.05, 4.69) is 15.6 Å². The predicted octanol–water partition coefficient (Wildman–Crippen LogP) is 4.07. The Morgan fingerprint density at radius 3 is 3.00 bits per heavy atom. The van der Waals surface area contributed by atoms with Gasteiger partial charge in [-0.15, -0.1) is 11.3 Å². The molecule has 3 aromatic rings. The molecule has 112 valence electrons. The van der Waals surface area contributed by atoms with Crippen molar-refractivity contribution < 1.29 is 9.18 Å². The molecule has 2 amide bonds. The Bertz CT molecular complexity index is 831. The highest BCUT2D eigenvalue weighted by Gasteiger charge is 2.12. The van der Waals surface area contributed by atoms with Crippen LogP contribution >= 0.6 is 11.3 Å². The Labute approximate surface area is 131 Å². The maximum Gasteiger partial charge on any atom is 0.319 e. The second-order valence-electron chi connectivity index (χ2n) is 4.82. The minimum Gasteiger partial charge on any atom is -0.334 e. The third kappa shape index (κ3) is 3.07. The number of carbonyl (C=O) groups excluding carboxylic acids is 1. The molecule has 0 radical (unpaired) electrons. The summed E-state index contributed by atoms with van der Waals surface area (Å²) in [7, 11) is 0. The number of pyridine rings is 1. The Hall–Kier alpha value is -2.47. The van der Waals surface area contributed by atoms with Crippen molar-refractivity contribution in [1.29, 1.82) is 0 Å². The molecule has 22 heavy (non-hydrogen) atoms. The molecule has 0 spiro atoms. The molecule has 0 bridgehead atoms. The quantitative estimate of drug-likeness (QED) is 0.765. The molecule has 1 aromatic carbocycles. The number of nitrogens with one attached hydrogen (secondary N) is 2. The van der Waals surface area contributed by atoms with E-state index in [0.29, 0.717) is 5.56 Å². The normalized spacial score (nSPS) is 10.6. The average Bonchev–Trinajstić information content (AvgIpc) is 2.81. The highest BCUT2D eigenvalue weighted by molar-refractivity contribution is 7.19. The summed E-state index contributed by atoms with van der Waals surface area (Å²) in [5.41, 5.74) is 2.21. The Balaban J connectivity index is 1.70. The van der Waals surface area contributed by atoms with Gasteiger partial charge in [-0.1, -0.05) is 12.1 Å². The lowest BCUT2D eigenvalue weighted by Crippen LogP contribution is -2.28. The lowest BCUT2D eigenvalue weighted by molar-refractivity contribution is 0.251. The fraction of sp³-hybridized carbons (Fsp3) is 0.125. The zero-order chi connectivity index (χ0) is 15.5. The van der Waals surface area contributed by atoms with Crippen LogP contribution in [-0.2, 0) is 6.54 Å². The number of anilines is 1. The van der Waals surface area contributed by atoms with Gasteiger partial charge in [0.2, 0.25) is 0 Å². The van der Waals surface area contributed by atoms with Crippen LogP contribution < -0.4 is 10.6 Å². The molecule has 3 rings (SSSR count). The largest absolute Gasteiger partial charge is 0.334 e. The van der Waals surface area contributed by atoms with Crippen LogP contribution in [0.5, 0.6) is 0 Å². The van der Waals surface area contributed by atoms with Crippen LogP contribution in [0.3, 0.4) is 0 Å². The minimum absolute atomic E-state index is 0.262. The number of amides is 2. The molecule has 0 aliphatic heterocycles. The molecule has 4 nitrogen and oxygen atoms in total. The van der Waals surface area contributed by atoms with Gasteiger partial charge in [0.1, 0.15) is 11.3 Å². The van der Waals surface area contributed by atoms with Crippen molar-refractivity contribution in [2.45, 2.75) is 13.5 Å². The summed E-state index contributed by atoms with van der Waals surface area (Å²) in [6, 6.07) is 9.64. The number of nitrogens with zero attached hydrogens (tertiary/aromatic N) is 1. The standard InChI is InChI=1S/C16H14FN3OS/c1-10-14(15-13(22-10)6-3-7-18-15)20-16(21)19-9-11-4-2-5-12(17)8-11/h2-8H,9H2,1H3,(H2,19,20,21). The first-order chi connectivity index (χ1) is 10.6. The number of benzene rings is 1. The summed E-state index contributed by atoms with van der Waals surface area (Å²) < 4.78 is 14.1. The molecule has 2 aromatic heterocycles. The number of aryl methyl sites for hydroxylation is 1. The van der Waals surface area contributed by atoms with Gasteiger partial charge in [-0.2, -0.15) is 0 Å². The maximum atomic E-state index is 13.1. The van der Waals surface area contributed by atoms with E-state index in [9.17, 15) is 9.18 Å². The molecule has 0 unspecified atom stereocenters. The number of hydrogen-bond acceptors (Lipinski definition) is 3. The number of aromatic nitrogens is 1. The van der Waals surface area contributed by atoms with Crippen molar-refractivity contribution in [2.24, 2.45) is 0 Å². The SMILES string of the molecule is Cc1sc2cccnc2c1NC(=O)NCc1cccc(F)c1. The molecule has 0 fully saturated rings. The Kier molecular flexibility index (Phi) is 4.02. The van der Waals surface area contributed by atoms with Gasteiger partial charge in [-0.25, -0.2) is 9.18 Å². The van der Waals surface area contributed by atoms with Crippen molar-refractivity contribution in [3.63, 3.8) is 0 Å². The molecular formula is C16H14FN3OS. The zero-order valence-electron chi connectivity index (χ0n) is 11.9. The first kappa shape index (κ1) is 14.5. The number of hydrogen-bond donors (Lipinski definition) is 2. The topological polar surface area (TPSA) is 54.0 Å². The van der Waals surface area contributed by atoms with E-state index in [1.807, 2.05) is 19.1 Å². The van der Waals surface area contributed by atoms with E-state index in [-0.39, 0.29) is 18.4 Å². The van der Waals surface area contributed by atoms with Crippen LogP contribution in [0.2, 0.25) is 0 Å². The number of halogens is 1. The van der Waals surface area contributed by atoms with Crippen molar-refractivity contribution >= 4 is 33.3 Å². The van der Waals surface area contributed by atoms with Crippen LogP contribution in [0.25, 0.3) is 10.2 Å². The highest BCUT2D eigenvalue weighted by Crippen LogP contribution is 2.33. The Morgan fingerprint density at radius 1 is 1.32 bits per heavy atom. The fourth-order valence-corrected chi connectivity index (χ4v) is 3.16. The summed E-state index contributed by atoms with van der Waals surface area (Å²) in [6.07, 6.45) is 1.70. The number of thiophene rings is 1. The lowest BCUT2D eigenvalue weighted by Gasteiger charge is -2.08. The Morgan fingerprint density at radius 2 is 2.18 bits per heavy atom. The highest BCUT2D eigenvalue weighted by atomic mass is 32.1. The zero-order valence-corrected chi connectivity index (χ0v) is 12.7. The summed E-state index contributed by atoms with van der Waals surface area (Å²) in [5, 5.41) is 5.54. The molecule has 6 heteroatoms. The second-order valence-corrected chi connectivity index (χ2v) is 6.08.